The summed E-state index contributed by atoms with van der Waals surface area (Å²) in [4.78, 5) is 35.4. The van der Waals surface area contributed by atoms with Crippen LogP contribution in [0.25, 0.3) is 0 Å². The third-order valence-electron chi connectivity index (χ3n) is 7.94. The van der Waals surface area contributed by atoms with Gasteiger partial charge in [0.05, 0.1) is 16.8 Å². The van der Waals surface area contributed by atoms with E-state index in [-0.39, 0.29) is 29.4 Å². The Labute approximate surface area is 233 Å². The molecule has 7 nitrogen and oxygen atoms in total. The normalized spacial score (nSPS) is 18.3. The van der Waals surface area contributed by atoms with Crippen molar-refractivity contribution >= 4 is 11.8 Å². The zero-order chi connectivity index (χ0) is 27.9. The number of hydrogen-bond donors (Lipinski definition) is 0. The number of benzene rings is 3. The summed E-state index contributed by atoms with van der Waals surface area (Å²) in [7, 11) is 0. The molecule has 0 bridgehead atoms. The molecule has 4 aromatic rings. The van der Waals surface area contributed by atoms with Gasteiger partial charge < -0.3 is 9.47 Å². The van der Waals surface area contributed by atoms with E-state index in [9.17, 15) is 9.59 Å². The van der Waals surface area contributed by atoms with Crippen molar-refractivity contribution < 1.29 is 19.1 Å². The molecule has 202 valence electrons. The first-order chi connectivity index (χ1) is 19.3. The summed E-state index contributed by atoms with van der Waals surface area (Å²) in [5.41, 5.74) is 3.97. The molecule has 0 saturated heterocycles. The largest absolute Gasteiger partial charge is 0.490 e. The second-order valence-electron chi connectivity index (χ2n) is 10.9. The van der Waals surface area contributed by atoms with Crippen molar-refractivity contribution in [1.29, 1.82) is 0 Å². The van der Waals surface area contributed by atoms with Crippen LogP contribution in [-0.4, -0.2) is 38.8 Å². The number of fused-ring (bicyclic) bond motifs is 1. The number of nitrogens with zero attached hydrogens (tertiary/aromatic N) is 3. The lowest BCUT2D eigenvalue weighted by atomic mass is 9.78. The molecule has 1 fully saturated rings. The van der Waals surface area contributed by atoms with Crippen LogP contribution in [0, 0.1) is 6.92 Å². The molecule has 0 atom stereocenters. The molecule has 2 aliphatic rings. The van der Waals surface area contributed by atoms with E-state index in [0.29, 0.717) is 30.6 Å². The van der Waals surface area contributed by atoms with E-state index in [1.165, 1.54) is 16.0 Å². The molecular weight excluding hydrogens is 502 g/mol. The second kappa shape index (κ2) is 10.2. The zero-order valence-corrected chi connectivity index (χ0v) is 22.8. The van der Waals surface area contributed by atoms with Crippen LogP contribution >= 0.6 is 0 Å². The van der Waals surface area contributed by atoms with Crippen LogP contribution in [0.4, 0.5) is 0 Å². The summed E-state index contributed by atoms with van der Waals surface area (Å²) < 4.78 is 12.1. The number of rotatable bonds is 8. The van der Waals surface area contributed by atoms with Crippen molar-refractivity contribution in [3.63, 3.8) is 0 Å². The summed E-state index contributed by atoms with van der Waals surface area (Å²) in [6.07, 6.45) is 3.00. The summed E-state index contributed by atoms with van der Waals surface area (Å²) in [5.74, 6) is 1.91. The lowest BCUT2D eigenvalue weighted by molar-refractivity contribution is 0.0198. The minimum absolute atomic E-state index is 0.0213. The van der Waals surface area contributed by atoms with Gasteiger partial charge in [0.15, 0.2) is 0 Å². The van der Waals surface area contributed by atoms with Crippen molar-refractivity contribution in [2.45, 2.75) is 57.8 Å². The molecule has 1 aliphatic heterocycles. The molecule has 3 aromatic carbocycles. The molecule has 2 amide bonds. The standard InChI is InChI=1S/C33H31N3O4/c1-21-34-17-16-24(35-21)20-39-26-12-8-22(9-13-26)33(2,3)23-10-14-27(15-11-23)40-28-18-25(19-28)36-31(37)29-6-4-5-7-30(29)32(36)38/h4-17,25,28H,18-20H2,1-3H3. The number of amides is 2. The lowest BCUT2D eigenvalue weighted by Gasteiger charge is -2.39. The highest BCUT2D eigenvalue weighted by Gasteiger charge is 2.45. The van der Waals surface area contributed by atoms with Crippen LogP contribution in [0.5, 0.6) is 11.5 Å². The van der Waals surface area contributed by atoms with Crippen LogP contribution < -0.4 is 9.47 Å². The highest BCUT2D eigenvalue weighted by atomic mass is 16.5. The number of carbonyl (C=O) groups is 2. The van der Waals surface area contributed by atoms with Crippen LogP contribution in [0.15, 0.2) is 85.1 Å². The Morgan fingerprint density at radius 2 is 1.40 bits per heavy atom. The minimum atomic E-state index is -0.214. The maximum absolute atomic E-state index is 12.7. The van der Waals surface area contributed by atoms with Gasteiger partial charge in [-0.15, -0.1) is 0 Å². The van der Waals surface area contributed by atoms with Gasteiger partial charge in [-0.05, 0) is 60.5 Å². The van der Waals surface area contributed by atoms with Gasteiger partial charge in [0.2, 0.25) is 0 Å². The first-order valence-electron chi connectivity index (χ1n) is 13.6. The van der Waals surface area contributed by atoms with E-state index < -0.39 is 0 Å². The van der Waals surface area contributed by atoms with E-state index in [1.807, 2.05) is 37.3 Å². The minimum Gasteiger partial charge on any atom is -0.490 e. The van der Waals surface area contributed by atoms with E-state index in [4.69, 9.17) is 9.47 Å². The van der Waals surface area contributed by atoms with Crippen molar-refractivity contribution in [3.8, 4) is 11.5 Å². The van der Waals surface area contributed by atoms with E-state index in [2.05, 4.69) is 48.1 Å². The third-order valence-corrected chi connectivity index (χ3v) is 7.94. The molecule has 0 N–H and O–H groups in total. The van der Waals surface area contributed by atoms with Crippen molar-refractivity contribution in [1.82, 2.24) is 14.9 Å². The maximum atomic E-state index is 12.7. The molecule has 6 rings (SSSR count). The summed E-state index contributed by atoms with van der Waals surface area (Å²) in [5, 5.41) is 0. The Morgan fingerprint density at radius 3 is 1.98 bits per heavy atom. The van der Waals surface area contributed by atoms with Crippen LogP contribution in [0.3, 0.4) is 0 Å². The van der Waals surface area contributed by atoms with Crippen LogP contribution in [0.2, 0.25) is 0 Å². The van der Waals surface area contributed by atoms with E-state index >= 15 is 0 Å². The van der Waals surface area contributed by atoms with Crippen molar-refractivity contribution in [3.05, 3.63) is 119 Å². The maximum Gasteiger partial charge on any atom is 0.261 e. The molecule has 7 heteroatoms. The SMILES string of the molecule is Cc1nccc(COc2ccc(C(C)(C)c3ccc(OC4CC(N5C(=O)c6ccccc6C5=O)C4)cc3)cc2)n1. The molecule has 0 unspecified atom stereocenters. The molecule has 1 aromatic heterocycles. The van der Waals surface area contributed by atoms with Gasteiger partial charge in [-0.3, -0.25) is 14.5 Å². The first kappa shape index (κ1) is 25.7. The zero-order valence-electron chi connectivity index (χ0n) is 22.8. The summed E-state index contributed by atoms with van der Waals surface area (Å²) in [6.45, 7) is 6.65. The van der Waals surface area contributed by atoms with Gasteiger partial charge in [0.25, 0.3) is 11.8 Å². The first-order valence-corrected chi connectivity index (χ1v) is 13.6. The molecule has 1 aliphatic carbocycles. The quantitative estimate of drug-likeness (QED) is 0.263. The molecule has 0 spiro atoms. The number of ether oxygens (including phenoxy) is 2. The van der Waals surface area contributed by atoms with Gasteiger partial charge >= 0.3 is 0 Å². The van der Waals surface area contributed by atoms with Crippen molar-refractivity contribution in [2.24, 2.45) is 0 Å². The van der Waals surface area contributed by atoms with Gasteiger partial charge in [0, 0.05) is 30.5 Å². The van der Waals surface area contributed by atoms with E-state index in [1.54, 1.807) is 30.5 Å². The Balaban J connectivity index is 1.04. The van der Waals surface area contributed by atoms with E-state index in [0.717, 1.165) is 23.0 Å². The number of hydrogen-bond acceptors (Lipinski definition) is 6. The molecule has 2 heterocycles. The van der Waals surface area contributed by atoms with Gasteiger partial charge in [-0.25, -0.2) is 9.97 Å². The van der Waals surface area contributed by atoms with Crippen molar-refractivity contribution in [2.75, 3.05) is 0 Å². The Hall–Kier alpha value is -4.52. The Bertz CT molecular complexity index is 1520. The predicted molar refractivity (Wildman–Crippen MR) is 150 cm³/mol. The molecule has 0 radical (unpaired) electrons. The van der Waals surface area contributed by atoms with Gasteiger partial charge in [0.1, 0.15) is 30.0 Å². The third kappa shape index (κ3) is 4.83. The summed E-state index contributed by atoms with van der Waals surface area (Å²) in [6, 6.07) is 25.1. The monoisotopic (exact) mass is 533 g/mol. The fraction of sp³-hybridized carbons (Fsp3) is 0.273. The highest BCUT2D eigenvalue weighted by Crippen LogP contribution is 2.37. The Morgan fingerprint density at radius 1 is 0.825 bits per heavy atom. The number of carbonyl (C=O) groups excluding carboxylic acids is 2. The molecule has 40 heavy (non-hydrogen) atoms. The molecular formula is C33H31N3O4. The van der Waals surface area contributed by atoms with Gasteiger partial charge in [-0.1, -0.05) is 50.2 Å². The second-order valence-corrected chi connectivity index (χ2v) is 10.9. The molecule has 1 saturated carbocycles. The average Bonchev–Trinajstić information content (AvgIpc) is 3.19. The Kier molecular flexibility index (Phi) is 6.58. The smallest absolute Gasteiger partial charge is 0.261 e. The lowest BCUT2D eigenvalue weighted by Crippen LogP contribution is -2.51. The van der Waals surface area contributed by atoms with Crippen LogP contribution in [-0.2, 0) is 12.0 Å². The number of aryl methyl sites for hydroxylation is 1. The predicted octanol–water partition coefficient (Wildman–Crippen LogP) is 5.90. The van der Waals surface area contributed by atoms with Gasteiger partial charge in [-0.2, -0.15) is 0 Å². The number of aromatic nitrogens is 2. The topological polar surface area (TPSA) is 81.6 Å². The highest BCUT2D eigenvalue weighted by molar-refractivity contribution is 6.21. The fourth-order valence-electron chi connectivity index (χ4n) is 5.40. The average molecular weight is 534 g/mol. The fourth-order valence-corrected chi connectivity index (χ4v) is 5.40. The van der Waals surface area contributed by atoms with Crippen LogP contribution in [0.1, 0.15) is 70.1 Å². The number of imide groups is 1. The summed E-state index contributed by atoms with van der Waals surface area (Å²) >= 11 is 0.